The Bertz CT molecular complexity index is 555. The van der Waals surface area contributed by atoms with E-state index in [4.69, 9.17) is 4.74 Å². The molecule has 1 N–H and O–H groups in total. The molecular formula is C15H25N5O3. The first-order valence-electron chi connectivity index (χ1n) is 7.87. The zero-order chi connectivity index (χ0) is 16.8. The molecule has 128 valence electrons. The van der Waals surface area contributed by atoms with Gasteiger partial charge in [0.1, 0.15) is 0 Å². The van der Waals surface area contributed by atoms with Gasteiger partial charge in [-0.25, -0.2) is 4.79 Å². The molecule has 0 aliphatic carbocycles. The highest BCUT2D eigenvalue weighted by atomic mass is 16.5. The summed E-state index contributed by atoms with van der Waals surface area (Å²) in [5.74, 6) is -0.0474. The Morgan fingerprint density at radius 2 is 2.17 bits per heavy atom. The lowest BCUT2D eigenvalue weighted by Crippen LogP contribution is -2.43. The summed E-state index contributed by atoms with van der Waals surface area (Å²) < 4.78 is 7.06. The molecule has 0 radical (unpaired) electrons. The van der Waals surface area contributed by atoms with Crippen LogP contribution in [0.2, 0.25) is 0 Å². The Hall–Kier alpha value is -2.09. The number of ether oxygens (including phenoxy) is 1. The first kappa shape index (κ1) is 17.3. The Labute approximate surface area is 136 Å². The van der Waals surface area contributed by atoms with Crippen molar-refractivity contribution in [3.63, 3.8) is 0 Å². The lowest BCUT2D eigenvalue weighted by molar-refractivity contribution is -0.122. The van der Waals surface area contributed by atoms with Gasteiger partial charge >= 0.3 is 6.03 Å². The molecule has 2 heterocycles. The van der Waals surface area contributed by atoms with Crippen molar-refractivity contribution in [3.05, 3.63) is 17.5 Å². The number of nitrogens with zero attached hydrogens (tertiary/aromatic N) is 4. The van der Waals surface area contributed by atoms with Gasteiger partial charge in [0.2, 0.25) is 5.91 Å². The predicted octanol–water partition coefficient (Wildman–Crippen LogP) is 0.423. The summed E-state index contributed by atoms with van der Waals surface area (Å²) in [4.78, 5) is 27.0. The van der Waals surface area contributed by atoms with Gasteiger partial charge in [0.25, 0.3) is 0 Å². The summed E-state index contributed by atoms with van der Waals surface area (Å²) in [6.07, 6.45) is 0.354. The third-order valence-electron chi connectivity index (χ3n) is 3.65. The molecular weight excluding hydrogens is 298 g/mol. The molecule has 0 saturated carbocycles. The van der Waals surface area contributed by atoms with Gasteiger partial charge in [-0.2, -0.15) is 5.10 Å². The molecule has 0 aromatic carbocycles. The van der Waals surface area contributed by atoms with Crippen molar-refractivity contribution >= 4 is 11.9 Å². The Balaban J connectivity index is 1.86. The van der Waals surface area contributed by atoms with Crippen LogP contribution in [0, 0.1) is 0 Å². The molecule has 1 aromatic heterocycles. The number of aromatic nitrogens is 2. The average Bonchev–Trinajstić information content (AvgIpc) is 2.94. The molecule has 23 heavy (non-hydrogen) atoms. The minimum Gasteiger partial charge on any atom is -0.381 e. The van der Waals surface area contributed by atoms with Crippen molar-refractivity contribution in [2.24, 2.45) is 0 Å². The Morgan fingerprint density at radius 1 is 1.39 bits per heavy atom. The number of nitrogens with one attached hydrogen (secondary N) is 1. The summed E-state index contributed by atoms with van der Waals surface area (Å²) >= 11 is 0. The fraction of sp³-hybridized carbons (Fsp3) is 0.667. The zero-order valence-electron chi connectivity index (χ0n) is 14.0. The number of carbonyl (C=O) groups excluding carboxylic acids is 2. The molecule has 0 atom stereocenters. The molecule has 0 unspecified atom stereocenters. The van der Waals surface area contributed by atoms with Gasteiger partial charge in [-0.15, -0.1) is 0 Å². The maximum Gasteiger partial charge on any atom is 0.319 e. The maximum atomic E-state index is 12.0. The van der Waals surface area contributed by atoms with Crippen LogP contribution in [0.3, 0.4) is 0 Å². The van der Waals surface area contributed by atoms with E-state index in [1.165, 1.54) is 0 Å². The largest absolute Gasteiger partial charge is 0.381 e. The highest BCUT2D eigenvalue weighted by molar-refractivity contribution is 5.76. The van der Waals surface area contributed by atoms with Crippen LogP contribution in [0.25, 0.3) is 0 Å². The molecule has 0 saturated heterocycles. The van der Waals surface area contributed by atoms with Crippen molar-refractivity contribution in [3.8, 4) is 0 Å². The number of rotatable bonds is 6. The van der Waals surface area contributed by atoms with E-state index in [0.717, 1.165) is 11.4 Å². The summed E-state index contributed by atoms with van der Waals surface area (Å²) in [6, 6.07) is 1.95. The Morgan fingerprint density at radius 3 is 2.87 bits per heavy atom. The van der Waals surface area contributed by atoms with E-state index in [2.05, 4.69) is 10.4 Å². The molecule has 0 bridgehead atoms. The van der Waals surface area contributed by atoms with Crippen molar-refractivity contribution in [1.29, 1.82) is 0 Å². The lowest BCUT2D eigenvalue weighted by atomic mass is 10.3. The molecule has 8 heteroatoms. The van der Waals surface area contributed by atoms with E-state index >= 15 is 0 Å². The van der Waals surface area contributed by atoms with Gasteiger partial charge in [0.15, 0.2) is 0 Å². The molecule has 8 nitrogen and oxygen atoms in total. The first-order chi connectivity index (χ1) is 11.0. The highest BCUT2D eigenvalue weighted by Crippen LogP contribution is 2.14. The Kier molecular flexibility index (Phi) is 5.97. The van der Waals surface area contributed by atoms with Crippen LogP contribution in [-0.4, -0.2) is 65.4 Å². The second-order valence-electron chi connectivity index (χ2n) is 5.67. The molecule has 3 amide bonds. The van der Waals surface area contributed by atoms with Crippen LogP contribution < -0.4 is 5.32 Å². The number of fused-ring (bicyclic) bond motifs is 1. The normalized spacial score (nSPS) is 13.6. The van der Waals surface area contributed by atoms with Crippen LogP contribution in [0.15, 0.2) is 6.07 Å². The second-order valence-corrected chi connectivity index (χ2v) is 5.67. The van der Waals surface area contributed by atoms with E-state index in [9.17, 15) is 9.59 Å². The van der Waals surface area contributed by atoms with Gasteiger partial charge in [-0.1, -0.05) is 0 Å². The minimum absolute atomic E-state index is 0.00299. The van der Waals surface area contributed by atoms with Crippen LogP contribution >= 0.6 is 0 Å². The molecule has 0 spiro atoms. The number of urea groups is 1. The smallest absolute Gasteiger partial charge is 0.319 e. The highest BCUT2D eigenvalue weighted by Gasteiger charge is 2.23. The first-order valence-corrected chi connectivity index (χ1v) is 7.87. The van der Waals surface area contributed by atoms with Gasteiger partial charge in [-0.3, -0.25) is 9.48 Å². The topological polar surface area (TPSA) is 79.7 Å². The summed E-state index contributed by atoms with van der Waals surface area (Å²) in [7, 11) is 3.49. The van der Waals surface area contributed by atoms with Crippen molar-refractivity contribution < 1.29 is 14.3 Å². The van der Waals surface area contributed by atoms with E-state index in [1.807, 2.05) is 17.7 Å². The average molecular weight is 323 g/mol. The van der Waals surface area contributed by atoms with Crippen LogP contribution in [0.4, 0.5) is 4.79 Å². The fourth-order valence-electron chi connectivity index (χ4n) is 2.45. The van der Waals surface area contributed by atoms with Gasteiger partial charge < -0.3 is 19.9 Å². The number of hydrogen-bond donors (Lipinski definition) is 1. The molecule has 1 aliphatic rings. The fourth-order valence-corrected chi connectivity index (χ4v) is 2.45. The molecule has 1 aromatic rings. The molecule has 2 rings (SSSR count). The quantitative estimate of drug-likeness (QED) is 0.770. The van der Waals surface area contributed by atoms with Crippen molar-refractivity contribution in [2.45, 2.75) is 33.0 Å². The van der Waals surface area contributed by atoms with E-state index < -0.39 is 0 Å². The second kappa shape index (κ2) is 7.96. The molecule has 1 aliphatic heterocycles. The van der Waals surface area contributed by atoms with Crippen LogP contribution in [0.5, 0.6) is 0 Å². The number of hydrogen-bond acceptors (Lipinski definition) is 4. The van der Waals surface area contributed by atoms with Crippen LogP contribution in [-0.2, 0) is 29.2 Å². The molecule has 0 fully saturated rings. The predicted molar refractivity (Wildman–Crippen MR) is 84.7 cm³/mol. The monoisotopic (exact) mass is 323 g/mol. The number of amides is 3. The van der Waals surface area contributed by atoms with Crippen molar-refractivity contribution in [1.82, 2.24) is 24.9 Å². The van der Waals surface area contributed by atoms with Crippen molar-refractivity contribution in [2.75, 3.05) is 33.9 Å². The van der Waals surface area contributed by atoms with Gasteiger partial charge in [-0.05, 0) is 13.0 Å². The third-order valence-corrected chi connectivity index (χ3v) is 3.65. The number of carbonyl (C=O) groups is 2. The summed E-state index contributed by atoms with van der Waals surface area (Å²) in [5.41, 5.74) is 1.80. The van der Waals surface area contributed by atoms with Crippen LogP contribution in [0.1, 0.15) is 24.7 Å². The third kappa shape index (κ3) is 4.69. The zero-order valence-corrected chi connectivity index (χ0v) is 14.0. The lowest BCUT2D eigenvalue weighted by Gasteiger charge is -2.29. The SMILES string of the molecule is CCOCCC(=O)NCc1cc2n(n1)CCN(C(=O)N(C)C)C2. The van der Waals surface area contributed by atoms with Gasteiger partial charge in [0, 0.05) is 33.7 Å². The summed E-state index contributed by atoms with van der Waals surface area (Å²) in [6.45, 7) is 5.21. The minimum atomic E-state index is -0.0474. The van der Waals surface area contributed by atoms with Gasteiger partial charge in [0.05, 0.1) is 37.6 Å². The summed E-state index contributed by atoms with van der Waals surface area (Å²) in [5, 5.41) is 7.31. The maximum absolute atomic E-state index is 12.0. The van der Waals surface area contributed by atoms with E-state index in [0.29, 0.717) is 45.8 Å². The van der Waals surface area contributed by atoms with E-state index in [-0.39, 0.29) is 11.9 Å². The standard InChI is InChI=1S/C15H25N5O3/c1-4-23-8-5-14(21)16-10-12-9-13-11-19(15(22)18(2)3)6-7-20(13)17-12/h9H,4-8,10-11H2,1-3H3,(H,16,21). The van der Waals surface area contributed by atoms with E-state index in [1.54, 1.807) is 23.9 Å².